The molecule has 1 fully saturated rings. The highest BCUT2D eigenvalue weighted by atomic mass is 16.4. The third-order valence-electron chi connectivity index (χ3n) is 3.54. The molecule has 0 aliphatic heterocycles. The molecule has 18 heavy (non-hydrogen) atoms. The molecule has 0 aromatic carbocycles. The van der Waals surface area contributed by atoms with Gasteiger partial charge in [-0.15, -0.1) is 0 Å². The van der Waals surface area contributed by atoms with Crippen LogP contribution in [0.3, 0.4) is 0 Å². The van der Waals surface area contributed by atoms with Crippen LogP contribution < -0.4 is 10.6 Å². The van der Waals surface area contributed by atoms with Crippen LogP contribution in [0.4, 0.5) is 5.82 Å². The van der Waals surface area contributed by atoms with Crippen molar-refractivity contribution in [2.24, 2.45) is 16.8 Å². The normalized spacial score (nSPS) is 17.1. The van der Waals surface area contributed by atoms with E-state index in [-0.39, 0.29) is 5.84 Å². The number of rotatable bonds is 4. The molecule has 1 aromatic heterocycles. The van der Waals surface area contributed by atoms with Crippen LogP contribution in [0.1, 0.15) is 31.2 Å². The molecule has 1 saturated carbocycles. The van der Waals surface area contributed by atoms with Crippen LogP contribution in [0.5, 0.6) is 0 Å². The molecule has 5 nitrogen and oxygen atoms in total. The van der Waals surface area contributed by atoms with Crippen molar-refractivity contribution in [3.05, 3.63) is 23.9 Å². The number of hydrogen-bond donors (Lipinski definition) is 2. The lowest BCUT2D eigenvalue weighted by atomic mass is 10.1. The Hall–Kier alpha value is -1.78. The fourth-order valence-corrected chi connectivity index (χ4v) is 2.62. The van der Waals surface area contributed by atoms with Gasteiger partial charge >= 0.3 is 0 Å². The minimum Gasteiger partial charge on any atom is -0.409 e. The van der Waals surface area contributed by atoms with Gasteiger partial charge in [-0.05, 0) is 30.9 Å². The van der Waals surface area contributed by atoms with Crippen LogP contribution in [-0.4, -0.2) is 29.6 Å². The lowest BCUT2D eigenvalue weighted by Gasteiger charge is -2.23. The average molecular weight is 248 g/mol. The average Bonchev–Trinajstić information content (AvgIpc) is 2.90. The Bertz CT molecular complexity index is 427. The molecule has 0 saturated heterocycles. The molecule has 1 aromatic rings. The molecule has 3 N–H and O–H groups in total. The molecule has 0 radical (unpaired) electrons. The highest BCUT2D eigenvalue weighted by Crippen LogP contribution is 2.27. The van der Waals surface area contributed by atoms with Crippen molar-refractivity contribution in [1.82, 2.24) is 4.98 Å². The molecule has 0 amide bonds. The second-order valence-electron chi connectivity index (χ2n) is 4.89. The summed E-state index contributed by atoms with van der Waals surface area (Å²) < 4.78 is 0. The number of aromatic nitrogens is 1. The second-order valence-corrected chi connectivity index (χ2v) is 4.89. The second kappa shape index (κ2) is 5.71. The van der Waals surface area contributed by atoms with Gasteiger partial charge < -0.3 is 15.8 Å². The fraction of sp³-hybridized carbons (Fsp3) is 0.538. The molecule has 98 valence electrons. The van der Waals surface area contributed by atoms with Crippen molar-refractivity contribution in [2.75, 3.05) is 18.5 Å². The van der Waals surface area contributed by atoms with Gasteiger partial charge in [-0.2, -0.15) is 0 Å². The highest BCUT2D eigenvalue weighted by molar-refractivity contribution is 6.01. The molecule has 5 heteroatoms. The third-order valence-corrected chi connectivity index (χ3v) is 3.54. The molecule has 0 atom stereocenters. The maximum absolute atomic E-state index is 8.80. The highest BCUT2D eigenvalue weighted by Gasteiger charge is 2.19. The first-order valence-electron chi connectivity index (χ1n) is 6.36. The lowest BCUT2D eigenvalue weighted by molar-refractivity contribution is 0.318. The molecule has 0 bridgehead atoms. The van der Waals surface area contributed by atoms with Gasteiger partial charge in [0.2, 0.25) is 0 Å². The van der Waals surface area contributed by atoms with E-state index in [0.29, 0.717) is 5.56 Å². The number of amidine groups is 1. The van der Waals surface area contributed by atoms with E-state index in [0.717, 1.165) is 18.3 Å². The van der Waals surface area contributed by atoms with Gasteiger partial charge in [-0.3, -0.25) is 0 Å². The zero-order valence-electron chi connectivity index (χ0n) is 10.7. The van der Waals surface area contributed by atoms with Gasteiger partial charge in [0.25, 0.3) is 0 Å². The summed E-state index contributed by atoms with van der Waals surface area (Å²) in [5.74, 6) is 1.62. The summed E-state index contributed by atoms with van der Waals surface area (Å²) in [6.07, 6.45) is 6.96. The van der Waals surface area contributed by atoms with Crippen molar-refractivity contribution in [2.45, 2.75) is 25.7 Å². The Labute approximate surface area is 107 Å². The van der Waals surface area contributed by atoms with Crippen molar-refractivity contribution in [3.8, 4) is 0 Å². The Kier molecular flexibility index (Phi) is 4.02. The number of anilines is 1. The standard InChI is InChI=1S/C13H20N4O/c1-17(9-10-5-2-3-6-10)13-11(12(14)16-18)7-4-8-15-13/h4,7-8,10,18H,2-3,5-6,9H2,1H3,(H2,14,16). The number of pyridine rings is 1. The maximum atomic E-state index is 8.80. The van der Waals surface area contributed by atoms with E-state index in [4.69, 9.17) is 10.9 Å². The van der Waals surface area contributed by atoms with Crippen LogP contribution in [0, 0.1) is 5.92 Å². The number of hydrogen-bond acceptors (Lipinski definition) is 4. The molecule has 2 rings (SSSR count). The summed E-state index contributed by atoms with van der Waals surface area (Å²) in [5, 5.41) is 11.9. The van der Waals surface area contributed by atoms with Crippen molar-refractivity contribution in [1.29, 1.82) is 0 Å². The van der Waals surface area contributed by atoms with Gasteiger partial charge in [0.15, 0.2) is 5.84 Å². The molecule has 1 aliphatic carbocycles. The summed E-state index contributed by atoms with van der Waals surface area (Å²) in [7, 11) is 2.01. The van der Waals surface area contributed by atoms with Gasteiger partial charge in [0.1, 0.15) is 5.82 Å². The molecular weight excluding hydrogens is 228 g/mol. The van der Waals surface area contributed by atoms with E-state index in [1.807, 2.05) is 13.1 Å². The van der Waals surface area contributed by atoms with Crippen LogP contribution >= 0.6 is 0 Å². The van der Waals surface area contributed by atoms with Gasteiger partial charge in [-0.25, -0.2) is 4.98 Å². The largest absolute Gasteiger partial charge is 0.409 e. The lowest BCUT2D eigenvalue weighted by Crippen LogP contribution is -2.28. The zero-order valence-corrected chi connectivity index (χ0v) is 10.7. The Morgan fingerprint density at radius 2 is 2.28 bits per heavy atom. The predicted octanol–water partition coefficient (Wildman–Crippen LogP) is 1.80. The summed E-state index contributed by atoms with van der Waals surface area (Å²) >= 11 is 0. The summed E-state index contributed by atoms with van der Waals surface area (Å²) in [6, 6.07) is 3.61. The summed E-state index contributed by atoms with van der Waals surface area (Å²) in [4.78, 5) is 6.44. The maximum Gasteiger partial charge on any atom is 0.173 e. The van der Waals surface area contributed by atoms with E-state index < -0.39 is 0 Å². The zero-order chi connectivity index (χ0) is 13.0. The van der Waals surface area contributed by atoms with E-state index >= 15 is 0 Å². The first-order chi connectivity index (χ1) is 8.72. The smallest absolute Gasteiger partial charge is 0.173 e. The molecule has 1 heterocycles. The SMILES string of the molecule is CN(CC1CCCC1)c1ncccc1/C(N)=N/O. The predicted molar refractivity (Wildman–Crippen MR) is 72.0 cm³/mol. The van der Waals surface area contributed by atoms with Crippen molar-refractivity contribution < 1.29 is 5.21 Å². The Morgan fingerprint density at radius 3 is 2.94 bits per heavy atom. The third kappa shape index (κ3) is 2.72. The van der Waals surface area contributed by atoms with E-state index in [2.05, 4.69) is 15.0 Å². The fourth-order valence-electron chi connectivity index (χ4n) is 2.62. The number of nitrogens with zero attached hydrogens (tertiary/aromatic N) is 3. The first-order valence-corrected chi connectivity index (χ1v) is 6.36. The van der Waals surface area contributed by atoms with Crippen molar-refractivity contribution in [3.63, 3.8) is 0 Å². The minimum atomic E-state index is 0.108. The Balaban J connectivity index is 2.16. The molecule has 0 spiro atoms. The van der Waals surface area contributed by atoms with E-state index in [1.165, 1.54) is 25.7 Å². The molecular formula is C13H20N4O. The van der Waals surface area contributed by atoms with Gasteiger partial charge in [0.05, 0.1) is 5.56 Å². The quantitative estimate of drug-likeness (QED) is 0.369. The van der Waals surface area contributed by atoms with Crippen LogP contribution in [0.15, 0.2) is 23.5 Å². The van der Waals surface area contributed by atoms with Gasteiger partial charge in [0, 0.05) is 19.8 Å². The summed E-state index contributed by atoms with van der Waals surface area (Å²) in [6.45, 7) is 0.975. The van der Waals surface area contributed by atoms with Crippen LogP contribution in [0.25, 0.3) is 0 Å². The van der Waals surface area contributed by atoms with E-state index in [9.17, 15) is 0 Å². The topological polar surface area (TPSA) is 74.7 Å². The Morgan fingerprint density at radius 1 is 1.56 bits per heavy atom. The van der Waals surface area contributed by atoms with Crippen LogP contribution in [-0.2, 0) is 0 Å². The van der Waals surface area contributed by atoms with Gasteiger partial charge in [-0.1, -0.05) is 18.0 Å². The summed E-state index contributed by atoms with van der Waals surface area (Å²) in [5.41, 5.74) is 6.36. The van der Waals surface area contributed by atoms with Crippen LogP contribution in [0.2, 0.25) is 0 Å². The minimum absolute atomic E-state index is 0.108. The van der Waals surface area contributed by atoms with Crippen molar-refractivity contribution >= 4 is 11.7 Å². The number of oxime groups is 1. The molecule has 0 unspecified atom stereocenters. The van der Waals surface area contributed by atoms with E-state index in [1.54, 1.807) is 12.3 Å². The monoisotopic (exact) mass is 248 g/mol. The first kappa shape index (κ1) is 12.7. The number of nitrogens with two attached hydrogens (primary N) is 1. The molecule has 1 aliphatic rings.